The number of carbonyl (C=O) groups excluding carboxylic acids is 16. The summed E-state index contributed by atoms with van der Waals surface area (Å²) in [5.74, 6) is -20.9. The van der Waals surface area contributed by atoms with Crippen LogP contribution in [0.3, 0.4) is 0 Å². The van der Waals surface area contributed by atoms with Gasteiger partial charge in [0.2, 0.25) is 82.7 Å². The lowest BCUT2D eigenvalue weighted by Gasteiger charge is -2.36. The molecule has 15 atom stereocenters. The van der Waals surface area contributed by atoms with Crippen LogP contribution in [0.4, 0.5) is 0 Å². The van der Waals surface area contributed by atoms with Crippen LogP contribution in [0.25, 0.3) is 21.8 Å². The summed E-state index contributed by atoms with van der Waals surface area (Å²) < 4.78 is 6.75. The van der Waals surface area contributed by atoms with Gasteiger partial charge in [0.25, 0.3) is 0 Å². The molecule has 742 valence electrons. The number of rotatable bonds is 30. The minimum Gasteiger partial charge on any atom is -0.497 e. The van der Waals surface area contributed by atoms with Crippen molar-refractivity contribution in [2.75, 3.05) is 72.5 Å². The number of methoxy groups -OCH3 is 1. The van der Waals surface area contributed by atoms with Crippen LogP contribution in [-0.4, -0.2) is 324 Å². The average molecular weight is 1920 g/mol. The second-order valence-electron chi connectivity index (χ2n) is 34.6. The lowest BCUT2D eigenvalue weighted by molar-refractivity contribution is -0.149. The second kappa shape index (κ2) is 52.2. The quantitative estimate of drug-likeness (QED) is 0.0249. The Labute approximate surface area is 790 Å². The number of benzene rings is 3. The molecule has 3 aliphatic rings. The van der Waals surface area contributed by atoms with Crippen molar-refractivity contribution in [1.82, 2.24) is 76.6 Å². The first-order valence-corrected chi connectivity index (χ1v) is 46.8. The van der Waals surface area contributed by atoms with Crippen LogP contribution in [0, 0.1) is 5.92 Å². The van der Waals surface area contributed by atoms with E-state index in [4.69, 9.17) is 27.7 Å². The van der Waals surface area contributed by atoms with Gasteiger partial charge in [0.1, 0.15) is 78.8 Å². The minimum atomic E-state index is -1.81. The molecule has 3 aromatic carbocycles. The van der Waals surface area contributed by atoms with Gasteiger partial charge in [-0.1, -0.05) is 88.1 Å². The van der Waals surface area contributed by atoms with E-state index in [0.29, 0.717) is 57.1 Å². The maximum Gasteiger partial charge on any atom is 0.323 e. The zero-order chi connectivity index (χ0) is 99.9. The van der Waals surface area contributed by atoms with Crippen LogP contribution in [0.15, 0.2) is 85.2 Å². The highest BCUT2D eigenvalue weighted by Crippen LogP contribution is 2.30. The van der Waals surface area contributed by atoms with Crippen LogP contribution >= 0.6 is 11.8 Å². The largest absolute Gasteiger partial charge is 0.497 e. The van der Waals surface area contributed by atoms with E-state index in [-0.39, 0.29) is 83.8 Å². The number of fused-ring (bicyclic) bond motifs is 4. The Kier molecular flexibility index (Phi) is 41.6. The van der Waals surface area contributed by atoms with E-state index in [2.05, 4.69) is 47.5 Å². The number of ketones is 2. The molecule has 0 unspecified atom stereocenters. The van der Waals surface area contributed by atoms with Gasteiger partial charge in [0, 0.05) is 144 Å². The summed E-state index contributed by atoms with van der Waals surface area (Å²) in [4.78, 5) is 282. The number of hydrogen-bond donors (Lipinski definition) is 17. The number of hydrogen-bond acceptors (Lipinski definition) is 25. The number of carbonyl (C=O) groups is 19. The molecule has 3 aliphatic heterocycles. The highest BCUT2D eigenvalue weighted by Gasteiger charge is 2.47. The van der Waals surface area contributed by atoms with Crippen LogP contribution in [0.5, 0.6) is 5.75 Å². The summed E-state index contributed by atoms with van der Waals surface area (Å²) in [6, 6.07) is -0.412. The van der Waals surface area contributed by atoms with E-state index in [1.54, 1.807) is 85.9 Å². The second-order valence-corrected chi connectivity index (χ2v) is 35.6. The van der Waals surface area contributed by atoms with Crippen molar-refractivity contribution in [3.05, 3.63) is 102 Å². The third kappa shape index (κ3) is 30.0. The summed E-state index contributed by atoms with van der Waals surface area (Å²) in [5.41, 5.74) is 26.3. The van der Waals surface area contributed by atoms with E-state index in [9.17, 15) is 78.0 Å². The number of primary amides is 1. The Morgan fingerprint density at radius 1 is 0.522 bits per heavy atom. The van der Waals surface area contributed by atoms with Crippen molar-refractivity contribution < 1.29 is 116 Å². The normalized spacial score (nSPS) is 24.7. The summed E-state index contributed by atoms with van der Waals surface area (Å²) in [6.45, 7) is 2.63. The highest BCUT2D eigenvalue weighted by molar-refractivity contribution is 8.00. The third-order valence-corrected chi connectivity index (χ3v) is 25.8. The van der Waals surface area contributed by atoms with Crippen molar-refractivity contribution >= 4 is 146 Å². The first-order chi connectivity index (χ1) is 64.8. The Hall–Kier alpha value is -12.9. The van der Waals surface area contributed by atoms with E-state index < -0.39 is 292 Å². The third-order valence-electron chi connectivity index (χ3n) is 24.8. The number of aromatic amines is 1. The average Bonchev–Trinajstić information content (AvgIpc) is 1.67. The number of likely N-dealkylation sites (N-methyl/N-ethyl adjacent to an activating group) is 3. The maximum absolute atomic E-state index is 16.0. The fraction of sp³-hybridized carbons (Fsp3) is 0.554. The summed E-state index contributed by atoms with van der Waals surface area (Å²) >= 11 is 0.769. The molecule has 136 heavy (non-hydrogen) atoms. The molecule has 5 aromatic rings. The molecule has 21 N–H and O–H groups in total. The Bertz CT molecular complexity index is 5130. The smallest absolute Gasteiger partial charge is 0.323 e. The first kappa shape index (κ1) is 108. The Morgan fingerprint density at radius 3 is 1.72 bits per heavy atom. The number of carboxylic acid groups (broad SMARTS) is 3. The molecule has 2 aromatic heterocycles. The molecule has 0 aliphatic carbocycles. The fourth-order valence-electron chi connectivity index (χ4n) is 17.0. The van der Waals surface area contributed by atoms with Gasteiger partial charge in [-0.15, -0.1) is 11.8 Å². The number of H-pyrrole nitrogens is 1. The maximum atomic E-state index is 16.0. The number of carboxylic acids is 3. The van der Waals surface area contributed by atoms with Crippen LogP contribution in [0.1, 0.15) is 153 Å². The van der Waals surface area contributed by atoms with Crippen LogP contribution in [0.2, 0.25) is 0 Å². The topological polar surface area (TPSA) is 652 Å². The summed E-state index contributed by atoms with van der Waals surface area (Å²) in [5, 5.41) is 63.8. The summed E-state index contributed by atoms with van der Waals surface area (Å²) in [6.07, 6.45) is -3.27. The SMILES string of the molecule is CCCC[C@H]1C(=O)N(C)[C@@H](CCCC)C(=O)N[C@@H](CCC(=O)O)C(=O)N[C@H](C(=O)CCC(N)=O)CSCC(=O)N[C@@H](Cc2ccc(OC)cc2)C(=O)N(C)[C@@H](C)C(=O)N[C@@H](CCN)C(=O)N2CCC[C@H]2C(=O)N[C@@H](CN)C(=O)N[C@@H](CCC(=O)O)C(=O)N2C[C@H](O)C[C@H]2C(=O)N[C@@H](Cc2c[nH]c3ccccc23)C(=O)C[C@@H](CCN)C(=O)N[C@@H](Cc2cn(CC(=O)O)c3ccccc23)C(=O)N1C. The van der Waals surface area contributed by atoms with Crippen LogP contribution in [-0.2, 0) is 117 Å². The molecule has 0 spiro atoms. The van der Waals surface area contributed by atoms with E-state index in [1.165, 1.54) is 45.9 Å². The molecule has 14 amide bonds. The zero-order valence-corrected chi connectivity index (χ0v) is 78.4. The molecular formula is C92H129N19O24S. The molecule has 3 saturated heterocycles. The monoisotopic (exact) mass is 1920 g/mol. The van der Waals surface area contributed by atoms with Gasteiger partial charge in [0.05, 0.1) is 31.1 Å². The minimum absolute atomic E-state index is 0.00611. The number of aliphatic hydroxyl groups excluding tert-OH is 1. The van der Waals surface area contributed by atoms with Gasteiger partial charge in [-0.3, -0.25) is 91.1 Å². The number of thioether (sulfide) groups is 1. The fourth-order valence-corrected chi connectivity index (χ4v) is 17.9. The van der Waals surface area contributed by atoms with E-state index in [1.807, 2.05) is 6.92 Å². The van der Waals surface area contributed by atoms with Crippen LogP contribution < -0.4 is 70.2 Å². The Balaban J connectivity index is 1.21. The number of ether oxygens (including phenoxy) is 1. The number of unbranched alkanes of at least 4 members (excludes halogenated alkanes) is 2. The number of aromatic nitrogens is 2. The van der Waals surface area contributed by atoms with E-state index >= 15 is 33.6 Å². The van der Waals surface area contributed by atoms with Crippen molar-refractivity contribution in [1.29, 1.82) is 0 Å². The standard InChI is InChI=1S/C92H129N19O24S/c1-8-10-20-70-85(127)99-61(28-32-78(117)118)83(125)105-68(74(113)30-31-76(96)115)49-136-50-77(116)98-65(39-52-24-26-57(135-7)27-25-52)88(130)106(4)51(3)81(123)100-63(35-37-94)90(132)110-38-16-23-71(110)86(128)104-67(44-95)84(126)101-62(29-33-79(119)120)91(133)111-47-56(112)43-73(111)87(129)102-64(40-54-45-97-60-19-14-12-17-58(54)60)75(114)42-53(34-36-93)82(124)103-66(89(131)108(6)72(21-11-9-2)92(134)107(70)5)41-55-46-109(48-80(121)122)69-22-15-13-18-59(55)69/h12-15,17-19,22,24-27,45-46,51,53,56,61-68,70-73,97,112H,8-11,16,20-21,23,28-44,47-50,93-95H2,1-7H3,(H2,96,115)(H,98,116)(H,99,127)(H,100,123)(H,101,126)(H,102,129)(H,103,124)(H,104,128)(H,105,125)(H,117,118)(H,119,120)(H,121,122)/t51-,53+,56+,61-,62-,63-,64-,65-,66-,67-,68-,70-,71-,72-,73-/m0/s1. The zero-order valence-electron chi connectivity index (χ0n) is 77.6. The number of nitrogens with one attached hydrogen (secondary N) is 9. The van der Waals surface area contributed by atoms with Gasteiger partial charge >= 0.3 is 17.9 Å². The molecular weight excluding hydrogens is 1790 g/mol. The van der Waals surface area contributed by atoms with Gasteiger partial charge in [-0.2, -0.15) is 0 Å². The number of amides is 14. The molecule has 0 bridgehead atoms. The molecule has 5 heterocycles. The van der Waals surface area contributed by atoms with Crippen molar-refractivity contribution in [3.8, 4) is 5.75 Å². The lowest BCUT2D eigenvalue weighted by atomic mass is 9.91. The number of Topliss-reactive ketones (excluding diaryl/α,β-unsaturated/α-hetero) is 2. The summed E-state index contributed by atoms with van der Waals surface area (Å²) in [7, 11) is 5.27. The van der Waals surface area contributed by atoms with E-state index in [0.717, 1.165) is 36.3 Å². The molecule has 0 saturated carbocycles. The highest BCUT2D eigenvalue weighted by atomic mass is 32.2. The van der Waals surface area contributed by atoms with Crippen molar-refractivity contribution in [2.45, 2.75) is 247 Å². The molecule has 44 heteroatoms. The number of aliphatic carboxylic acids is 3. The number of aliphatic hydroxyl groups is 1. The Morgan fingerprint density at radius 2 is 1.08 bits per heavy atom. The molecule has 43 nitrogen and oxygen atoms in total. The van der Waals surface area contributed by atoms with Gasteiger partial charge in [-0.25, -0.2) is 0 Å². The number of nitrogens with zero attached hydrogens (tertiary/aromatic N) is 6. The van der Waals surface area contributed by atoms with Gasteiger partial charge in [-0.05, 0) is 112 Å². The molecule has 8 rings (SSSR count). The van der Waals surface area contributed by atoms with Gasteiger partial charge in [0.15, 0.2) is 11.6 Å². The van der Waals surface area contributed by atoms with Crippen molar-refractivity contribution in [3.63, 3.8) is 0 Å². The molecule has 3 fully saturated rings. The predicted molar refractivity (Wildman–Crippen MR) is 497 cm³/mol. The number of para-hydroxylation sites is 2. The van der Waals surface area contributed by atoms with Crippen molar-refractivity contribution in [2.24, 2.45) is 28.9 Å². The number of nitrogens with two attached hydrogens (primary N) is 4. The molecule has 0 radical (unpaired) electrons. The predicted octanol–water partition coefficient (Wildman–Crippen LogP) is -1.50. The lowest BCUT2D eigenvalue weighted by Crippen LogP contribution is -2.61. The first-order valence-electron chi connectivity index (χ1n) is 45.7. The van der Waals surface area contributed by atoms with Gasteiger partial charge < -0.3 is 125 Å².